The summed E-state index contributed by atoms with van der Waals surface area (Å²) in [6.07, 6.45) is 0. The maximum absolute atomic E-state index is 12.4. The second kappa shape index (κ2) is 7.71. The third-order valence-electron chi connectivity index (χ3n) is 4.40. The molecule has 2 nitrogen and oxygen atoms in total. The standard InChI is InChI=1S/C25H18O2/c26-25(23-13-11-21(12-14-23)19-7-3-1-4-8-19)27-24-17-15-22(16-18-24)20-9-5-2-6-10-20/h1-18H. The first-order valence-corrected chi connectivity index (χ1v) is 8.83. The predicted octanol–water partition coefficient (Wildman–Crippen LogP) is 6.24. The van der Waals surface area contributed by atoms with Gasteiger partial charge in [0.2, 0.25) is 0 Å². The minimum absolute atomic E-state index is 0.359. The van der Waals surface area contributed by atoms with Crippen molar-refractivity contribution in [2.75, 3.05) is 0 Å². The van der Waals surface area contributed by atoms with Gasteiger partial charge in [0.15, 0.2) is 0 Å². The molecule has 0 radical (unpaired) electrons. The molecule has 4 rings (SSSR count). The van der Waals surface area contributed by atoms with Crippen LogP contribution in [-0.4, -0.2) is 5.97 Å². The van der Waals surface area contributed by atoms with Gasteiger partial charge >= 0.3 is 5.97 Å². The van der Waals surface area contributed by atoms with E-state index in [-0.39, 0.29) is 5.97 Å². The highest BCUT2D eigenvalue weighted by molar-refractivity contribution is 5.91. The molecule has 0 saturated heterocycles. The Bertz CT molecular complexity index is 1020. The van der Waals surface area contributed by atoms with E-state index in [0.29, 0.717) is 11.3 Å². The molecule has 0 bridgehead atoms. The quantitative estimate of drug-likeness (QED) is 0.322. The zero-order valence-corrected chi connectivity index (χ0v) is 14.7. The normalized spacial score (nSPS) is 10.4. The highest BCUT2D eigenvalue weighted by atomic mass is 16.5. The molecule has 2 heteroatoms. The van der Waals surface area contributed by atoms with Gasteiger partial charge in [0, 0.05) is 0 Å². The molecule has 4 aromatic rings. The van der Waals surface area contributed by atoms with Crippen molar-refractivity contribution in [1.82, 2.24) is 0 Å². The van der Waals surface area contributed by atoms with Crippen LogP contribution in [-0.2, 0) is 0 Å². The molecule has 0 N–H and O–H groups in total. The minimum Gasteiger partial charge on any atom is -0.423 e. The fourth-order valence-corrected chi connectivity index (χ4v) is 2.94. The molecule has 0 heterocycles. The van der Waals surface area contributed by atoms with E-state index in [2.05, 4.69) is 12.1 Å². The summed E-state index contributed by atoms with van der Waals surface area (Å²) in [6.45, 7) is 0. The molecule has 0 spiro atoms. The lowest BCUT2D eigenvalue weighted by atomic mass is 10.0. The summed E-state index contributed by atoms with van der Waals surface area (Å²) in [5.74, 6) is 0.175. The Labute approximate surface area is 158 Å². The van der Waals surface area contributed by atoms with E-state index in [0.717, 1.165) is 22.3 Å². The van der Waals surface area contributed by atoms with E-state index < -0.39 is 0 Å². The molecule has 0 atom stereocenters. The summed E-state index contributed by atoms with van der Waals surface area (Å²) >= 11 is 0. The lowest BCUT2D eigenvalue weighted by Gasteiger charge is -2.07. The molecular weight excluding hydrogens is 332 g/mol. The van der Waals surface area contributed by atoms with Crippen LogP contribution in [0.1, 0.15) is 10.4 Å². The Balaban J connectivity index is 1.46. The highest BCUT2D eigenvalue weighted by Gasteiger charge is 2.09. The van der Waals surface area contributed by atoms with Gasteiger partial charge in [0.25, 0.3) is 0 Å². The van der Waals surface area contributed by atoms with Gasteiger partial charge in [-0.1, -0.05) is 84.9 Å². The number of hydrogen-bond acceptors (Lipinski definition) is 2. The van der Waals surface area contributed by atoms with E-state index >= 15 is 0 Å². The molecule has 0 fully saturated rings. The monoisotopic (exact) mass is 350 g/mol. The molecule has 27 heavy (non-hydrogen) atoms. The maximum Gasteiger partial charge on any atom is 0.343 e. The van der Waals surface area contributed by atoms with Gasteiger partial charge in [-0.05, 0) is 46.5 Å². The fourth-order valence-electron chi connectivity index (χ4n) is 2.94. The third kappa shape index (κ3) is 3.96. The second-order valence-electron chi connectivity index (χ2n) is 6.22. The number of carbonyl (C=O) groups is 1. The van der Waals surface area contributed by atoms with Crippen molar-refractivity contribution in [3.05, 3.63) is 115 Å². The summed E-state index contributed by atoms with van der Waals surface area (Å²) in [5.41, 5.74) is 4.93. The van der Waals surface area contributed by atoms with Crippen LogP contribution in [0.15, 0.2) is 109 Å². The highest BCUT2D eigenvalue weighted by Crippen LogP contribution is 2.23. The SMILES string of the molecule is O=C(Oc1ccc(-c2ccccc2)cc1)c1ccc(-c2ccccc2)cc1. The summed E-state index contributed by atoms with van der Waals surface area (Å²) < 4.78 is 5.50. The van der Waals surface area contributed by atoms with Crippen LogP contribution < -0.4 is 4.74 Å². The van der Waals surface area contributed by atoms with Gasteiger partial charge in [-0.15, -0.1) is 0 Å². The van der Waals surface area contributed by atoms with Crippen LogP contribution in [0.3, 0.4) is 0 Å². The average molecular weight is 350 g/mol. The number of ether oxygens (including phenoxy) is 1. The third-order valence-corrected chi connectivity index (χ3v) is 4.40. The Morgan fingerprint density at radius 1 is 0.481 bits per heavy atom. The Kier molecular flexibility index (Phi) is 4.80. The van der Waals surface area contributed by atoms with Crippen LogP contribution in [0, 0.1) is 0 Å². The number of rotatable bonds is 4. The molecule has 4 aromatic carbocycles. The zero-order valence-electron chi connectivity index (χ0n) is 14.7. The summed E-state index contributed by atoms with van der Waals surface area (Å²) in [6, 6.07) is 35.2. The summed E-state index contributed by atoms with van der Waals surface area (Å²) in [7, 11) is 0. The summed E-state index contributed by atoms with van der Waals surface area (Å²) in [5, 5.41) is 0. The van der Waals surface area contributed by atoms with Crippen LogP contribution in [0.5, 0.6) is 5.75 Å². The molecule has 0 unspecified atom stereocenters. The minimum atomic E-state index is -0.359. The van der Waals surface area contributed by atoms with Gasteiger partial charge < -0.3 is 4.74 Å². The molecule has 0 aliphatic carbocycles. The Morgan fingerprint density at radius 2 is 0.889 bits per heavy atom. The topological polar surface area (TPSA) is 26.3 Å². The largest absolute Gasteiger partial charge is 0.423 e. The first-order valence-electron chi connectivity index (χ1n) is 8.83. The maximum atomic E-state index is 12.4. The van der Waals surface area contributed by atoms with Crippen molar-refractivity contribution >= 4 is 5.97 Å². The molecule has 0 aromatic heterocycles. The average Bonchev–Trinajstić information content (AvgIpc) is 2.76. The van der Waals surface area contributed by atoms with Crippen molar-refractivity contribution in [3.63, 3.8) is 0 Å². The molecular formula is C25H18O2. The van der Waals surface area contributed by atoms with Crippen LogP contribution in [0.4, 0.5) is 0 Å². The van der Waals surface area contributed by atoms with Crippen molar-refractivity contribution in [1.29, 1.82) is 0 Å². The van der Waals surface area contributed by atoms with Gasteiger partial charge in [-0.2, -0.15) is 0 Å². The summed E-state index contributed by atoms with van der Waals surface area (Å²) in [4.78, 5) is 12.4. The number of benzene rings is 4. The number of esters is 1. The van der Waals surface area contributed by atoms with Gasteiger partial charge in [-0.3, -0.25) is 0 Å². The van der Waals surface area contributed by atoms with Crippen LogP contribution >= 0.6 is 0 Å². The van der Waals surface area contributed by atoms with E-state index in [1.165, 1.54) is 0 Å². The smallest absolute Gasteiger partial charge is 0.343 e. The van der Waals surface area contributed by atoms with Gasteiger partial charge in [0.05, 0.1) is 5.56 Å². The van der Waals surface area contributed by atoms with Crippen LogP contribution in [0.2, 0.25) is 0 Å². The lowest BCUT2D eigenvalue weighted by molar-refractivity contribution is 0.0735. The number of carbonyl (C=O) groups excluding carboxylic acids is 1. The first-order chi connectivity index (χ1) is 13.3. The first kappa shape index (κ1) is 16.8. The van der Waals surface area contributed by atoms with E-state index in [4.69, 9.17) is 4.74 Å². The van der Waals surface area contributed by atoms with Crippen molar-refractivity contribution in [2.45, 2.75) is 0 Å². The second-order valence-corrected chi connectivity index (χ2v) is 6.22. The predicted molar refractivity (Wildman–Crippen MR) is 109 cm³/mol. The Morgan fingerprint density at radius 3 is 1.37 bits per heavy atom. The lowest BCUT2D eigenvalue weighted by Crippen LogP contribution is -2.08. The van der Waals surface area contributed by atoms with Gasteiger partial charge in [-0.25, -0.2) is 4.79 Å². The Hall–Kier alpha value is -3.65. The number of hydrogen-bond donors (Lipinski definition) is 0. The van der Waals surface area contributed by atoms with E-state index in [9.17, 15) is 4.79 Å². The van der Waals surface area contributed by atoms with Crippen LogP contribution in [0.25, 0.3) is 22.3 Å². The zero-order chi connectivity index (χ0) is 18.5. The molecule has 0 aliphatic rings. The molecule has 0 saturated carbocycles. The van der Waals surface area contributed by atoms with Crippen molar-refractivity contribution in [2.24, 2.45) is 0 Å². The van der Waals surface area contributed by atoms with Crippen molar-refractivity contribution in [3.8, 4) is 28.0 Å². The molecule has 0 aliphatic heterocycles. The molecule has 130 valence electrons. The van der Waals surface area contributed by atoms with E-state index in [1.807, 2.05) is 84.9 Å². The van der Waals surface area contributed by atoms with Gasteiger partial charge in [0.1, 0.15) is 5.75 Å². The molecule has 0 amide bonds. The fraction of sp³-hybridized carbons (Fsp3) is 0. The van der Waals surface area contributed by atoms with Crippen molar-refractivity contribution < 1.29 is 9.53 Å². The van der Waals surface area contributed by atoms with E-state index in [1.54, 1.807) is 12.1 Å².